The van der Waals surface area contributed by atoms with E-state index in [9.17, 15) is 9.59 Å². The average molecular weight is 238 g/mol. The summed E-state index contributed by atoms with van der Waals surface area (Å²) < 4.78 is 0. The van der Waals surface area contributed by atoms with Crippen LogP contribution in [0.2, 0.25) is 0 Å². The van der Waals surface area contributed by atoms with Gasteiger partial charge in [0, 0.05) is 18.7 Å². The predicted octanol–water partition coefficient (Wildman–Crippen LogP) is 1.45. The van der Waals surface area contributed by atoms with Gasteiger partial charge in [0.25, 0.3) is 11.1 Å². The van der Waals surface area contributed by atoms with E-state index >= 15 is 0 Å². The molecule has 0 aliphatic rings. The molecule has 2 N–H and O–H groups in total. The molecule has 1 aromatic carbocycles. The Morgan fingerprint density at radius 1 is 1.06 bits per heavy atom. The molecule has 0 aliphatic heterocycles. The van der Waals surface area contributed by atoms with Crippen molar-refractivity contribution < 1.29 is 9.59 Å². The molecular formula is C11H14N2O2S. The van der Waals surface area contributed by atoms with Gasteiger partial charge in [0.15, 0.2) is 0 Å². The van der Waals surface area contributed by atoms with Crippen molar-refractivity contribution in [2.24, 2.45) is 0 Å². The first-order valence-corrected chi connectivity index (χ1v) is 5.45. The van der Waals surface area contributed by atoms with Crippen LogP contribution in [-0.2, 0) is 0 Å². The van der Waals surface area contributed by atoms with Gasteiger partial charge in [-0.15, -0.1) is 0 Å². The summed E-state index contributed by atoms with van der Waals surface area (Å²) in [7, 11) is 0. The van der Waals surface area contributed by atoms with E-state index in [2.05, 4.69) is 23.3 Å². The van der Waals surface area contributed by atoms with Crippen LogP contribution in [0.4, 0.5) is 4.79 Å². The highest BCUT2D eigenvalue weighted by Crippen LogP contribution is 1.97. The first-order valence-electron chi connectivity index (χ1n) is 5.00. The second-order valence-electron chi connectivity index (χ2n) is 3.21. The number of rotatable bonds is 5. The molecule has 4 nitrogen and oxygen atoms in total. The molecule has 0 fully saturated rings. The Balaban J connectivity index is 2.19. The van der Waals surface area contributed by atoms with Crippen molar-refractivity contribution in [3.63, 3.8) is 0 Å². The van der Waals surface area contributed by atoms with Crippen LogP contribution in [0.1, 0.15) is 16.8 Å². The van der Waals surface area contributed by atoms with E-state index in [0.717, 1.165) is 0 Å². The van der Waals surface area contributed by atoms with Gasteiger partial charge < -0.3 is 10.6 Å². The Morgan fingerprint density at radius 2 is 1.69 bits per heavy atom. The molecule has 0 saturated carbocycles. The highest BCUT2D eigenvalue weighted by molar-refractivity contribution is 7.96. The average Bonchev–Trinajstić information content (AvgIpc) is 2.29. The molecular weight excluding hydrogens is 224 g/mol. The van der Waals surface area contributed by atoms with Crippen molar-refractivity contribution in [2.45, 2.75) is 6.42 Å². The lowest BCUT2D eigenvalue weighted by atomic mass is 10.2. The topological polar surface area (TPSA) is 58.2 Å². The van der Waals surface area contributed by atoms with Gasteiger partial charge in [-0.2, -0.15) is 0 Å². The zero-order valence-electron chi connectivity index (χ0n) is 8.77. The first-order chi connectivity index (χ1) is 7.70. The van der Waals surface area contributed by atoms with Gasteiger partial charge in [0.05, 0.1) is 0 Å². The molecule has 0 aliphatic carbocycles. The molecule has 1 rings (SSSR count). The second-order valence-corrected chi connectivity index (χ2v) is 3.61. The Labute approximate surface area is 99.8 Å². The number of amides is 2. The molecule has 16 heavy (non-hydrogen) atoms. The Hall–Kier alpha value is -1.49. The van der Waals surface area contributed by atoms with Crippen LogP contribution in [0.25, 0.3) is 0 Å². The van der Waals surface area contributed by atoms with Crippen molar-refractivity contribution in [1.29, 1.82) is 0 Å². The molecule has 5 heteroatoms. The van der Waals surface area contributed by atoms with E-state index in [1.807, 2.05) is 18.2 Å². The first kappa shape index (κ1) is 12.6. The molecule has 0 radical (unpaired) electrons. The number of thiol groups is 1. The fourth-order valence-electron chi connectivity index (χ4n) is 1.18. The van der Waals surface area contributed by atoms with Crippen LogP contribution < -0.4 is 10.6 Å². The number of carbonyl (C=O) groups excluding carboxylic acids is 2. The molecule has 86 valence electrons. The minimum atomic E-state index is -0.352. The summed E-state index contributed by atoms with van der Waals surface area (Å²) in [6.45, 7) is 1.04. The van der Waals surface area contributed by atoms with Gasteiger partial charge in [-0.1, -0.05) is 30.8 Å². The molecule has 0 unspecified atom stereocenters. The van der Waals surface area contributed by atoms with Crippen LogP contribution in [-0.4, -0.2) is 24.2 Å². The summed E-state index contributed by atoms with van der Waals surface area (Å²) in [6, 6.07) is 9.00. The fraction of sp³-hybridized carbons (Fsp3) is 0.273. The summed E-state index contributed by atoms with van der Waals surface area (Å²) in [5.74, 6) is -0.0993. The third-order valence-corrected chi connectivity index (χ3v) is 2.11. The summed E-state index contributed by atoms with van der Waals surface area (Å²) >= 11 is 3.56. The molecule has 0 spiro atoms. The van der Waals surface area contributed by atoms with E-state index in [-0.39, 0.29) is 11.1 Å². The van der Waals surface area contributed by atoms with Gasteiger partial charge in [0.2, 0.25) is 0 Å². The van der Waals surface area contributed by atoms with Crippen molar-refractivity contribution >= 4 is 23.8 Å². The SMILES string of the molecule is O=C(S)NCCCNC(=O)c1ccccc1. The number of hydrogen-bond donors (Lipinski definition) is 3. The molecule has 1 aromatic rings. The minimum Gasteiger partial charge on any atom is -0.352 e. The second kappa shape index (κ2) is 6.90. The maximum Gasteiger partial charge on any atom is 0.275 e. The summed E-state index contributed by atoms with van der Waals surface area (Å²) in [6.07, 6.45) is 0.685. The van der Waals surface area contributed by atoms with Crippen LogP contribution in [0.15, 0.2) is 30.3 Å². The molecule has 0 heterocycles. The normalized spacial score (nSPS) is 9.56. The van der Waals surface area contributed by atoms with Crippen LogP contribution >= 0.6 is 12.6 Å². The van der Waals surface area contributed by atoms with E-state index in [4.69, 9.17) is 0 Å². The number of hydrogen-bond acceptors (Lipinski definition) is 2. The standard InChI is InChI=1S/C11H14N2O2S/c14-10(9-5-2-1-3-6-9)12-7-4-8-13-11(15)16/h1-3,5-6H,4,7-8H2,(H,12,14)(H2,13,15,16). The number of carbonyl (C=O) groups is 2. The third kappa shape index (κ3) is 4.84. The Bertz CT molecular complexity index is 354. The minimum absolute atomic E-state index is 0.0993. The van der Waals surface area contributed by atoms with E-state index < -0.39 is 0 Å². The maximum atomic E-state index is 11.5. The zero-order valence-corrected chi connectivity index (χ0v) is 9.67. The molecule has 0 aromatic heterocycles. The summed E-state index contributed by atoms with van der Waals surface area (Å²) in [5, 5.41) is 4.94. The summed E-state index contributed by atoms with van der Waals surface area (Å²) in [5.41, 5.74) is 0.640. The zero-order chi connectivity index (χ0) is 11.8. The van der Waals surface area contributed by atoms with Crippen molar-refractivity contribution in [2.75, 3.05) is 13.1 Å². The quantitative estimate of drug-likeness (QED) is 0.537. The lowest BCUT2D eigenvalue weighted by molar-refractivity contribution is 0.0953. The molecule has 2 amide bonds. The van der Waals surface area contributed by atoms with Gasteiger partial charge in [-0.05, 0) is 18.6 Å². The van der Waals surface area contributed by atoms with Gasteiger partial charge in [0.1, 0.15) is 0 Å². The fourth-order valence-corrected chi connectivity index (χ4v) is 1.29. The van der Waals surface area contributed by atoms with Crippen LogP contribution in [0.3, 0.4) is 0 Å². The largest absolute Gasteiger partial charge is 0.352 e. The highest BCUT2D eigenvalue weighted by Gasteiger charge is 2.02. The van der Waals surface area contributed by atoms with Crippen molar-refractivity contribution in [3.8, 4) is 0 Å². The smallest absolute Gasteiger partial charge is 0.275 e. The van der Waals surface area contributed by atoms with Crippen LogP contribution in [0.5, 0.6) is 0 Å². The third-order valence-electron chi connectivity index (χ3n) is 1.95. The van der Waals surface area contributed by atoms with Gasteiger partial charge in [-0.25, -0.2) is 0 Å². The van der Waals surface area contributed by atoms with Crippen molar-refractivity contribution in [1.82, 2.24) is 10.6 Å². The van der Waals surface area contributed by atoms with Gasteiger partial charge >= 0.3 is 0 Å². The lowest BCUT2D eigenvalue weighted by Crippen LogP contribution is -2.27. The monoisotopic (exact) mass is 238 g/mol. The molecule has 0 saturated heterocycles. The predicted molar refractivity (Wildman–Crippen MR) is 65.8 cm³/mol. The van der Waals surface area contributed by atoms with E-state index in [0.29, 0.717) is 25.1 Å². The van der Waals surface area contributed by atoms with E-state index in [1.165, 1.54) is 0 Å². The maximum absolute atomic E-state index is 11.5. The summed E-state index contributed by atoms with van der Waals surface area (Å²) in [4.78, 5) is 22.0. The lowest BCUT2D eigenvalue weighted by Gasteiger charge is -2.05. The van der Waals surface area contributed by atoms with Crippen molar-refractivity contribution in [3.05, 3.63) is 35.9 Å². The number of benzene rings is 1. The molecule has 0 bridgehead atoms. The highest BCUT2D eigenvalue weighted by atomic mass is 32.1. The molecule has 0 atom stereocenters. The van der Waals surface area contributed by atoms with Crippen LogP contribution in [0, 0.1) is 0 Å². The Morgan fingerprint density at radius 3 is 2.31 bits per heavy atom. The van der Waals surface area contributed by atoms with E-state index in [1.54, 1.807) is 12.1 Å². The van der Waals surface area contributed by atoms with Gasteiger partial charge in [-0.3, -0.25) is 9.59 Å². The number of nitrogens with one attached hydrogen (secondary N) is 2. The Kier molecular flexibility index (Phi) is 5.42.